The quantitative estimate of drug-likeness (QED) is 0.349. The Morgan fingerprint density at radius 1 is 1.09 bits per heavy atom. The van der Waals surface area contributed by atoms with E-state index in [1.165, 1.54) is 0 Å². The predicted molar refractivity (Wildman–Crippen MR) is 134 cm³/mol. The summed E-state index contributed by atoms with van der Waals surface area (Å²) in [5, 5.41) is 37.5. The normalized spacial score (nSPS) is 43.1. The number of amides is 1. The van der Waals surface area contributed by atoms with E-state index in [0.29, 0.717) is 18.9 Å². The number of aliphatic hydroxyl groups excluding tert-OH is 3. The lowest BCUT2D eigenvalue weighted by Gasteiger charge is -2.43. The molecule has 202 valence electrons. The molecule has 4 aliphatic rings. The van der Waals surface area contributed by atoms with E-state index in [1.54, 1.807) is 12.2 Å². The second-order valence-corrected chi connectivity index (χ2v) is 11.8. The Bertz CT molecular complexity index is 698. The molecule has 0 spiro atoms. The van der Waals surface area contributed by atoms with Crippen molar-refractivity contribution in [1.29, 1.82) is 0 Å². The fourth-order valence-electron chi connectivity index (χ4n) is 4.90. The van der Waals surface area contributed by atoms with E-state index in [2.05, 4.69) is 31.4 Å². The molecule has 4 rings (SSSR count). The molecule has 35 heavy (non-hydrogen) atoms. The van der Waals surface area contributed by atoms with Crippen molar-refractivity contribution < 1.29 is 34.0 Å². The van der Waals surface area contributed by atoms with Gasteiger partial charge >= 0.3 is 0 Å². The van der Waals surface area contributed by atoms with E-state index in [0.717, 1.165) is 43.5 Å². The number of nitrogens with one attached hydrogen (secondary N) is 2. The van der Waals surface area contributed by atoms with Crippen molar-refractivity contribution >= 4 is 17.7 Å². The number of aliphatic hydroxyl groups is 3. The monoisotopic (exact) mass is 518 g/mol. The standard InChI is InChI=1S/C21H33FN2O6S.C4H10/c22-12-6-1-2-7-13(19-16(26)15(25)17(27)21(30-19)31-10-12)24-20(28)14-18-11(9-23-14)5-3-4-8-29-18;1-4(2)3/h1-2,11-19,21,23,25-27H,3-10H2,(H,24,28);4H,1-3H3/b2-1-;/t11?,12?,13-,14?,15?,16?,17?,18?,19?,21?;/m1./s1. The van der Waals surface area contributed by atoms with E-state index in [4.69, 9.17) is 9.47 Å². The van der Waals surface area contributed by atoms with Crippen LogP contribution in [-0.2, 0) is 14.3 Å². The molecule has 0 radical (unpaired) electrons. The molecule has 0 saturated carbocycles. The Balaban J connectivity index is 0.000000795. The van der Waals surface area contributed by atoms with Gasteiger partial charge in [-0.3, -0.25) is 4.79 Å². The summed E-state index contributed by atoms with van der Waals surface area (Å²) in [5.41, 5.74) is -0.890. The smallest absolute Gasteiger partial charge is 0.240 e. The Hall–Kier alpha value is -0.750. The molecule has 3 saturated heterocycles. The highest BCUT2D eigenvalue weighted by atomic mass is 32.2. The summed E-state index contributed by atoms with van der Waals surface area (Å²) in [7, 11) is 0. The molecule has 0 aromatic rings. The molecule has 9 unspecified atom stereocenters. The van der Waals surface area contributed by atoms with Gasteiger partial charge in [-0.05, 0) is 37.5 Å². The van der Waals surface area contributed by atoms with E-state index in [-0.39, 0.29) is 24.2 Å². The number of carbonyl (C=O) groups excluding carboxylic acids is 1. The molecule has 4 heterocycles. The average molecular weight is 519 g/mol. The summed E-state index contributed by atoms with van der Waals surface area (Å²) in [6.07, 6.45) is 0.690. The fraction of sp³-hybridized carbons (Fsp3) is 0.880. The Labute approximate surface area is 212 Å². The van der Waals surface area contributed by atoms with E-state index in [1.807, 2.05) is 0 Å². The number of halogens is 1. The van der Waals surface area contributed by atoms with Crippen molar-refractivity contribution in [3.05, 3.63) is 12.2 Å². The number of carbonyl (C=O) groups is 1. The van der Waals surface area contributed by atoms with Crippen LogP contribution in [0.25, 0.3) is 0 Å². The van der Waals surface area contributed by atoms with Crippen LogP contribution in [0.5, 0.6) is 0 Å². The van der Waals surface area contributed by atoms with Crippen LogP contribution >= 0.6 is 11.8 Å². The van der Waals surface area contributed by atoms with Gasteiger partial charge in [-0.2, -0.15) is 0 Å². The minimum atomic E-state index is -1.45. The van der Waals surface area contributed by atoms with Gasteiger partial charge in [0.25, 0.3) is 0 Å². The van der Waals surface area contributed by atoms with Gasteiger partial charge in [-0.25, -0.2) is 4.39 Å². The van der Waals surface area contributed by atoms with Gasteiger partial charge in [0.2, 0.25) is 5.91 Å². The molecule has 4 aliphatic heterocycles. The predicted octanol–water partition coefficient (Wildman–Crippen LogP) is 1.52. The summed E-state index contributed by atoms with van der Waals surface area (Å²) in [5.74, 6) is 0.985. The van der Waals surface area contributed by atoms with Crippen LogP contribution in [0.1, 0.15) is 52.9 Å². The first-order valence-corrected chi connectivity index (χ1v) is 14.0. The fourth-order valence-corrected chi connectivity index (χ4v) is 6.00. The lowest BCUT2D eigenvalue weighted by molar-refractivity contribution is -0.205. The highest BCUT2D eigenvalue weighted by Gasteiger charge is 2.48. The van der Waals surface area contributed by atoms with Crippen LogP contribution in [0.2, 0.25) is 0 Å². The van der Waals surface area contributed by atoms with E-state index in [9.17, 15) is 24.5 Å². The van der Waals surface area contributed by atoms with Crippen LogP contribution in [0, 0.1) is 11.8 Å². The molecule has 2 bridgehead atoms. The molecule has 0 aliphatic carbocycles. The number of ether oxygens (including phenoxy) is 2. The van der Waals surface area contributed by atoms with Crippen molar-refractivity contribution in [3.63, 3.8) is 0 Å². The SMILES string of the molecule is CC(C)C.O=C(N[C@@H]1C/C=C\CC(F)CSC2OC1C(O)C(O)C2O)C1NCC2CCCCOC21. The van der Waals surface area contributed by atoms with Crippen LogP contribution in [0.4, 0.5) is 4.39 Å². The zero-order chi connectivity index (χ0) is 25.5. The largest absolute Gasteiger partial charge is 0.388 e. The third-order valence-electron chi connectivity index (χ3n) is 6.68. The molecule has 10 atom stereocenters. The molecule has 5 N–H and O–H groups in total. The first-order chi connectivity index (χ1) is 16.7. The van der Waals surface area contributed by atoms with Crippen LogP contribution < -0.4 is 10.6 Å². The first-order valence-electron chi connectivity index (χ1n) is 12.9. The zero-order valence-electron chi connectivity index (χ0n) is 21.0. The summed E-state index contributed by atoms with van der Waals surface area (Å²) in [4.78, 5) is 13.2. The summed E-state index contributed by atoms with van der Waals surface area (Å²) in [6, 6.07) is -1.14. The second kappa shape index (κ2) is 13.7. The van der Waals surface area contributed by atoms with E-state index < -0.39 is 48.1 Å². The molecular formula is C25H43FN2O6S. The third-order valence-corrected chi connectivity index (χ3v) is 7.95. The van der Waals surface area contributed by atoms with Crippen molar-refractivity contribution in [2.24, 2.45) is 11.8 Å². The number of rotatable bonds is 2. The maximum absolute atomic E-state index is 14.1. The minimum absolute atomic E-state index is 0.102. The van der Waals surface area contributed by atoms with Crippen molar-refractivity contribution in [1.82, 2.24) is 10.6 Å². The summed E-state index contributed by atoms with van der Waals surface area (Å²) in [6.45, 7) is 7.86. The van der Waals surface area contributed by atoms with Crippen LogP contribution in [-0.4, -0.2) is 94.3 Å². The maximum atomic E-state index is 14.1. The number of thioether (sulfide) groups is 1. The highest BCUT2D eigenvalue weighted by molar-refractivity contribution is 7.99. The lowest BCUT2D eigenvalue weighted by atomic mass is 9.92. The van der Waals surface area contributed by atoms with Gasteiger partial charge in [0.15, 0.2) is 0 Å². The van der Waals surface area contributed by atoms with Gasteiger partial charge in [-0.15, -0.1) is 11.8 Å². The highest BCUT2D eigenvalue weighted by Crippen LogP contribution is 2.33. The molecule has 3 fully saturated rings. The first kappa shape index (κ1) is 28.8. The van der Waals surface area contributed by atoms with Gasteiger partial charge in [0.1, 0.15) is 42.1 Å². The molecule has 8 nitrogen and oxygen atoms in total. The van der Waals surface area contributed by atoms with E-state index >= 15 is 0 Å². The Morgan fingerprint density at radius 3 is 2.54 bits per heavy atom. The van der Waals surface area contributed by atoms with Crippen LogP contribution in [0.3, 0.4) is 0 Å². The number of hydrogen-bond acceptors (Lipinski definition) is 8. The van der Waals surface area contributed by atoms with Gasteiger partial charge < -0.3 is 35.4 Å². The topological polar surface area (TPSA) is 120 Å². The molecule has 0 aromatic carbocycles. The van der Waals surface area contributed by atoms with Crippen molar-refractivity contribution in [3.8, 4) is 0 Å². The molecular weight excluding hydrogens is 475 g/mol. The summed E-state index contributed by atoms with van der Waals surface area (Å²) >= 11 is 1.07. The van der Waals surface area contributed by atoms with Crippen molar-refractivity contribution in [2.75, 3.05) is 18.9 Å². The average Bonchev–Trinajstić information content (AvgIpc) is 3.05. The lowest BCUT2D eigenvalue weighted by Crippen LogP contribution is -2.63. The number of alkyl halides is 1. The molecule has 10 heteroatoms. The van der Waals surface area contributed by atoms with Crippen LogP contribution in [0.15, 0.2) is 12.2 Å². The van der Waals surface area contributed by atoms with Gasteiger partial charge in [-0.1, -0.05) is 39.3 Å². The van der Waals surface area contributed by atoms with Gasteiger partial charge in [0.05, 0.1) is 12.1 Å². The number of fused-ring (bicyclic) bond motifs is 3. The minimum Gasteiger partial charge on any atom is -0.388 e. The van der Waals surface area contributed by atoms with Gasteiger partial charge in [0, 0.05) is 18.9 Å². The Morgan fingerprint density at radius 2 is 1.80 bits per heavy atom. The number of allylic oxidation sites excluding steroid dienone is 1. The number of hydrogen-bond donors (Lipinski definition) is 5. The summed E-state index contributed by atoms with van der Waals surface area (Å²) < 4.78 is 25.9. The van der Waals surface area contributed by atoms with Crippen molar-refractivity contribution in [2.45, 2.75) is 107 Å². The zero-order valence-corrected chi connectivity index (χ0v) is 21.8. The second-order valence-electron chi connectivity index (χ2n) is 10.6. The molecule has 1 amide bonds. The molecule has 0 aromatic heterocycles. The Kier molecular flexibility index (Phi) is 11.3. The maximum Gasteiger partial charge on any atom is 0.240 e. The third kappa shape index (κ3) is 7.87.